The number of amides is 1. The van der Waals surface area contributed by atoms with Gasteiger partial charge in [0.2, 0.25) is 5.91 Å². The van der Waals surface area contributed by atoms with Crippen LogP contribution >= 0.6 is 0 Å². The standard InChI is InChI=1S/C21H27N3O4/c25-19(23-9-6-16(7-10-23)21(27)28)5-2-8-22-12-15-11-17(14-22)18-3-1-4-20(26)24(18)13-15/h1-5,15-17H,6-14H2,(H,27,28)/b5-2+/t15-,17+/m0/s1. The zero-order chi connectivity index (χ0) is 19.7. The van der Waals surface area contributed by atoms with Crippen LogP contribution in [0.15, 0.2) is 35.1 Å². The molecule has 3 aliphatic heterocycles. The molecule has 3 aliphatic rings. The normalized spacial score (nSPS) is 27.6. The van der Waals surface area contributed by atoms with Gasteiger partial charge in [0.1, 0.15) is 0 Å². The van der Waals surface area contributed by atoms with Crippen LogP contribution < -0.4 is 15.6 Å². The van der Waals surface area contributed by atoms with E-state index in [0.29, 0.717) is 37.8 Å². The number of rotatable bonds is 4. The smallest absolute Gasteiger partial charge is 0.250 e. The lowest BCUT2D eigenvalue weighted by Crippen LogP contribution is -3.14. The van der Waals surface area contributed by atoms with Gasteiger partial charge >= 0.3 is 0 Å². The van der Waals surface area contributed by atoms with Gasteiger partial charge < -0.3 is 24.3 Å². The lowest BCUT2D eigenvalue weighted by atomic mass is 9.83. The van der Waals surface area contributed by atoms with E-state index in [0.717, 1.165) is 38.3 Å². The highest BCUT2D eigenvalue weighted by Crippen LogP contribution is 2.29. The van der Waals surface area contributed by atoms with Crippen molar-refractivity contribution in [3.8, 4) is 0 Å². The van der Waals surface area contributed by atoms with Crippen molar-refractivity contribution in [1.29, 1.82) is 0 Å². The van der Waals surface area contributed by atoms with Crippen LogP contribution in [-0.2, 0) is 16.1 Å². The molecule has 2 fully saturated rings. The molecule has 1 unspecified atom stereocenters. The van der Waals surface area contributed by atoms with E-state index in [2.05, 4.69) is 6.07 Å². The van der Waals surface area contributed by atoms with Crippen molar-refractivity contribution < 1.29 is 19.6 Å². The Morgan fingerprint density at radius 3 is 2.75 bits per heavy atom. The molecule has 1 aromatic rings. The molecule has 150 valence electrons. The topological polar surface area (TPSA) is 86.9 Å². The first-order valence-electron chi connectivity index (χ1n) is 10.2. The van der Waals surface area contributed by atoms with Crippen LogP contribution in [0.3, 0.4) is 0 Å². The van der Waals surface area contributed by atoms with Gasteiger partial charge in [-0.05, 0) is 31.4 Å². The molecule has 1 amide bonds. The predicted molar refractivity (Wildman–Crippen MR) is 101 cm³/mol. The number of carbonyl (C=O) groups is 2. The molecular weight excluding hydrogens is 358 g/mol. The number of quaternary nitrogens is 1. The van der Waals surface area contributed by atoms with Gasteiger partial charge in [-0.2, -0.15) is 0 Å². The molecule has 7 nitrogen and oxygen atoms in total. The van der Waals surface area contributed by atoms with Gasteiger partial charge in [0.05, 0.1) is 19.6 Å². The SMILES string of the molecule is O=C([O-])C1CCN(C(=O)/C=C/C[NH+]2C[C@@H]3C[C@H](C2)c2cccc(=O)n2C3)CC1. The first-order chi connectivity index (χ1) is 13.5. The number of likely N-dealkylation sites (tertiary alicyclic amines) is 2. The highest BCUT2D eigenvalue weighted by atomic mass is 16.4. The maximum Gasteiger partial charge on any atom is 0.250 e. The van der Waals surface area contributed by atoms with Gasteiger partial charge in [-0.25, -0.2) is 0 Å². The summed E-state index contributed by atoms with van der Waals surface area (Å²) in [5.74, 6) is -0.560. The number of pyridine rings is 1. The van der Waals surface area contributed by atoms with Crippen molar-refractivity contribution in [2.45, 2.75) is 31.7 Å². The monoisotopic (exact) mass is 385 g/mol. The van der Waals surface area contributed by atoms with E-state index in [1.54, 1.807) is 17.0 Å². The summed E-state index contributed by atoms with van der Waals surface area (Å²) in [5.41, 5.74) is 1.25. The van der Waals surface area contributed by atoms with E-state index in [-0.39, 0.29) is 11.5 Å². The van der Waals surface area contributed by atoms with E-state index in [1.807, 2.05) is 16.7 Å². The molecule has 1 N–H and O–H groups in total. The van der Waals surface area contributed by atoms with Crippen molar-refractivity contribution in [3.63, 3.8) is 0 Å². The Morgan fingerprint density at radius 1 is 1.21 bits per heavy atom. The molecule has 4 rings (SSSR count). The highest BCUT2D eigenvalue weighted by Gasteiger charge is 2.36. The molecule has 0 aromatic carbocycles. The number of piperidine rings is 2. The second kappa shape index (κ2) is 7.91. The van der Waals surface area contributed by atoms with Crippen molar-refractivity contribution >= 4 is 11.9 Å². The maximum atomic E-state index is 12.3. The van der Waals surface area contributed by atoms with Gasteiger partial charge in [-0.15, -0.1) is 0 Å². The van der Waals surface area contributed by atoms with Crippen LogP contribution in [0.2, 0.25) is 0 Å². The summed E-state index contributed by atoms with van der Waals surface area (Å²) in [4.78, 5) is 38.5. The van der Waals surface area contributed by atoms with Crippen molar-refractivity contribution in [2.24, 2.45) is 11.8 Å². The fourth-order valence-electron chi connectivity index (χ4n) is 5.05. The number of carboxylic acid groups (broad SMARTS) is 1. The number of carboxylic acids is 1. The molecule has 28 heavy (non-hydrogen) atoms. The summed E-state index contributed by atoms with van der Waals surface area (Å²) < 4.78 is 1.94. The van der Waals surface area contributed by atoms with Crippen molar-refractivity contribution in [3.05, 3.63) is 46.4 Å². The van der Waals surface area contributed by atoms with Crippen LogP contribution in [0.4, 0.5) is 0 Å². The minimum absolute atomic E-state index is 0.0368. The highest BCUT2D eigenvalue weighted by molar-refractivity contribution is 5.87. The van der Waals surface area contributed by atoms with E-state index in [9.17, 15) is 19.5 Å². The number of fused-ring (bicyclic) bond motifs is 4. The Bertz CT molecular complexity index is 838. The van der Waals surface area contributed by atoms with Gasteiger partial charge in [-0.1, -0.05) is 6.07 Å². The lowest BCUT2D eigenvalue weighted by Gasteiger charge is -2.40. The van der Waals surface area contributed by atoms with E-state index in [1.165, 1.54) is 4.90 Å². The number of hydrogen-bond acceptors (Lipinski definition) is 4. The number of nitrogens with zero attached hydrogens (tertiary/aromatic N) is 2. The largest absolute Gasteiger partial charge is 0.550 e. The maximum absolute atomic E-state index is 12.3. The van der Waals surface area contributed by atoms with Crippen LogP contribution in [0.5, 0.6) is 0 Å². The Balaban J connectivity index is 1.31. The Kier molecular flexibility index (Phi) is 5.35. The molecule has 0 spiro atoms. The predicted octanol–water partition coefficient (Wildman–Crippen LogP) is -1.60. The van der Waals surface area contributed by atoms with Gasteiger partial charge in [-0.3, -0.25) is 9.59 Å². The summed E-state index contributed by atoms with van der Waals surface area (Å²) >= 11 is 0. The third-order valence-corrected chi connectivity index (χ3v) is 6.48. The van der Waals surface area contributed by atoms with E-state index in [4.69, 9.17) is 0 Å². The molecule has 4 heterocycles. The second-order valence-corrected chi connectivity index (χ2v) is 8.38. The number of carbonyl (C=O) groups excluding carboxylic acids is 2. The number of aromatic nitrogens is 1. The van der Waals surface area contributed by atoms with E-state index < -0.39 is 11.9 Å². The quantitative estimate of drug-likeness (QED) is 0.632. The molecule has 0 aliphatic carbocycles. The second-order valence-electron chi connectivity index (χ2n) is 8.38. The van der Waals surface area contributed by atoms with Crippen LogP contribution in [0, 0.1) is 11.8 Å². The molecule has 0 saturated carbocycles. The third kappa shape index (κ3) is 3.90. The number of aliphatic carboxylic acids is 1. The molecular formula is C21H27N3O4. The zero-order valence-electron chi connectivity index (χ0n) is 16.0. The molecule has 2 saturated heterocycles. The van der Waals surface area contributed by atoms with Gasteiger partial charge in [0.25, 0.3) is 5.56 Å². The first kappa shape index (κ1) is 18.9. The third-order valence-electron chi connectivity index (χ3n) is 6.48. The summed E-state index contributed by atoms with van der Waals surface area (Å²) in [6, 6.07) is 5.56. The van der Waals surface area contributed by atoms with Crippen LogP contribution in [0.1, 0.15) is 30.9 Å². The Hall–Kier alpha value is -2.41. The molecule has 1 aromatic heterocycles. The minimum Gasteiger partial charge on any atom is -0.550 e. The Labute approximate surface area is 164 Å². The Morgan fingerprint density at radius 2 is 2.00 bits per heavy atom. The van der Waals surface area contributed by atoms with Gasteiger partial charge in [0.15, 0.2) is 0 Å². The molecule has 0 radical (unpaired) electrons. The molecule has 2 bridgehead atoms. The summed E-state index contributed by atoms with van der Waals surface area (Å²) in [5, 5.41) is 10.9. The summed E-state index contributed by atoms with van der Waals surface area (Å²) in [6.07, 6.45) is 5.67. The van der Waals surface area contributed by atoms with E-state index >= 15 is 0 Å². The van der Waals surface area contributed by atoms with Crippen molar-refractivity contribution in [1.82, 2.24) is 9.47 Å². The van der Waals surface area contributed by atoms with Crippen LogP contribution in [0.25, 0.3) is 0 Å². The summed E-state index contributed by atoms with van der Waals surface area (Å²) in [7, 11) is 0. The number of nitrogens with one attached hydrogen (secondary N) is 1. The number of hydrogen-bond donors (Lipinski definition) is 1. The summed E-state index contributed by atoms with van der Waals surface area (Å²) in [6.45, 7) is 4.56. The fourth-order valence-corrected chi connectivity index (χ4v) is 5.05. The average Bonchev–Trinajstić information content (AvgIpc) is 2.69. The fraction of sp³-hybridized carbons (Fsp3) is 0.571. The van der Waals surface area contributed by atoms with Crippen LogP contribution in [-0.4, -0.2) is 54.1 Å². The first-order valence-corrected chi connectivity index (χ1v) is 10.2. The average molecular weight is 385 g/mol. The minimum atomic E-state index is -1.01. The van der Waals surface area contributed by atoms with Gasteiger partial charge in [0, 0.05) is 61.2 Å². The zero-order valence-corrected chi connectivity index (χ0v) is 16.0. The van der Waals surface area contributed by atoms with Crippen molar-refractivity contribution in [2.75, 3.05) is 32.7 Å². The molecule has 7 heteroatoms. The molecule has 3 atom stereocenters. The lowest BCUT2D eigenvalue weighted by molar-refractivity contribution is -0.905.